The van der Waals surface area contributed by atoms with Gasteiger partial charge in [-0.15, -0.1) is 0 Å². The molecule has 5 heterocycles. The lowest BCUT2D eigenvalue weighted by Gasteiger charge is -2.51. The van der Waals surface area contributed by atoms with E-state index in [2.05, 4.69) is 32.0 Å². The van der Waals surface area contributed by atoms with E-state index in [0.29, 0.717) is 54.4 Å². The van der Waals surface area contributed by atoms with Crippen LogP contribution in [0, 0.1) is 29.5 Å². The Bertz CT molecular complexity index is 1960. The van der Waals surface area contributed by atoms with Gasteiger partial charge in [-0.3, -0.25) is 4.79 Å². The second-order valence-electron chi connectivity index (χ2n) is 18.5. The SMILES string of the molecule is CCC(C)[C@H]1O[C@]2(CC[C@@H]1C)C[C@@H]1C[C@@H](C/C=C(\C)[C@@H](O[C@H]3C[C@H](OC)[C@@H](OC(=O)c4ccc(F)cc4)[C@H](C)O3)[C@@H](C)/C=C/C=C3\CO[C@@H]4/C(=N/OC)C(C)=C[C@@H](C(=O)O1)[C@]34O)O2. The molecule has 1 spiro atoms. The van der Waals surface area contributed by atoms with Crippen LogP contribution in [-0.2, 0) is 47.5 Å². The highest BCUT2D eigenvalue weighted by Gasteiger charge is 2.60. The zero-order chi connectivity index (χ0) is 45.2. The number of esters is 2. The third-order valence-electron chi connectivity index (χ3n) is 14.0. The summed E-state index contributed by atoms with van der Waals surface area (Å²) < 4.78 is 65.2. The van der Waals surface area contributed by atoms with Gasteiger partial charge in [0.1, 0.15) is 48.5 Å². The Morgan fingerprint density at radius 2 is 1.84 bits per heavy atom. The molecule has 14 heteroatoms. The predicted molar refractivity (Wildman–Crippen MR) is 231 cm³/mol. The first-order valence-electron chi connectivity index (χ1n) is 22.6. The number of ether oxygens (including phenoxy) is 8. The zero-order valence-corrected chi connectivity index (χ0v) is 38.1. The number of allylic oxidation sites excluding steroid dienone is 2. The average molecular weight is 880 g/mol. The van der Waals surface area contributed by atoms with Crippen LogP contribution in [0.4, 0.5) is 4.39 Å². The van der Waals surface area contributed by atoms with E-state index in [-0.39, 0.29) is 36.7 Å². The van der Waals surface area contributed by atoms with E-state index in [0.717, 1.165) is 18.4 Å². The molecule has 1 unspecified atom stereocenters. The molecule has 63 heavy (non-hydrogen) atoms. The molecular formula is C49H66FNO12. The number of hydrogen-bond acceptors (Lipinski definition) is 13. The fourth-order valence-corrected chi connectivity index (χ4v) is 10.3. The molecule has 6 aliphatic rings. The minimum Gasteiger partial charge on any atom is -0.462 e. The minimum absolute atomic E-state index is 0.0218. The highest BCUT2D eigenvalue weighted by Crippen LogP contribution is 2.47. The first kappa shape index (κ1) is 47.2. The van der Waals surface area contributed by atoms with Crippen LogP contribution in [-0.4, -0.2) is 110 Å². The first-order chi connectivity index (χ1) is 30.1. The number of carbonyl (C=O) groups excluding carboxylic acids is 2. The lowest BCUT2D eigenvalue weighted by molar-refractivity contribution is -0.340. The molecule has 7 rings (SSSR count). The van der Waals surface area contributed by atoms with Crippen molar-refractivity contribution in [3.05, 3.63) is 82.7 Å². The van der Waals surface area contributed by atoms with Crippen molar-refractivity contribution < 1.29 is 61.8 Å². The van der Waals surface area contributed by atoms with E-state index in [1.165, 1.54) is 31.4 Å². The molecule has 15 atom stereocenters. The largest absolute Gasteiger partial charge is 0.462 e. The molecular weight excluding hydrogens is 814 g/mol. The summed E-state index contributed by atoms with van der Waals surface area (Å²) in [4.78, 5) is 32.8. The van der Waals surface area contributed by atoms with Gasteiger partial charge >= 0.3 is 11.9 Å². The van der Waals surface area contributed by atoms with Gasteiger partial charge in [0.15, 0.2) is 18.2 Å². The lowest BCUT2D eigenvalue weighted by atomic mass is 9.71. The lowest BCUT2D eigenvalue weighted by Crippen LogP contribution is -2.57. The van der Waals surface area contributed by atoms with Crippen LogP contribution in [0.15, 0.2) is 76.5 Å². The molecule has 1 N–H and O–H groups in total. The minimum atomic E-state index is -1.80. The number of hydrogen-bond donors (Lipinski definition) is 1. The summed E-state index contributed by atoms with van der Waals surface area (Å²) in [6.45, 7) is 14.3. The number of aliphatic hydroxyl groups is 1. The summed E-state index contributed by atoms with van der Waals surface area (Å²) in [5.74, 6) is -3.23. The molecule has 0 amide bonds. The van der Waals surface area contributed by atoms with Gasteiger partial charge in [0.05, 0.1) is 36.6 Å². The van der Waals surface area contributed by atoms with E-state index < -0.39 is 78.0 Å². The maximum absolute atomic E-state index is 14.5. The molecule has 5 aliphatic heterocycles. The molecule has 346 valence electrons. The molecule has 1 aromatic rings. The van der Waals surface area contributed by atoms with Gasteiger partial charge in [0.2, 0.25) is 0 Å². The van der Waals surface area contributed by atoms with Crippen LogP contribution in [0.3, 0.4) is 0 Å². The number of benzene rings is 1. The van der Waals surface area contributed by atoms with Crippen molar-refractivity contribution in [2.75, 3.05) is 20.8 Å². The fourth-order valence-electron chi connectivity index (χ4n) is 10.3. The summed E-state index contributed by atoms with van der Waals surface area (Å²) in [5.41, 5.74) is 0.913. The van der Waals surface area contributed by atoms with Gasteiger partial charge < -0.3 is 47.8 Å². The summed E-state index contributed by atoms with van der Waals surface area (Å²) in [6.07, 6.45) is 8.54. The quantitative estimate of drug-likeness (QED) is 0.155. The van der Waals surface area contributed by atoms with Gasteiger partial charge in [-0.2, -0.15) is 0 Å². The standard InChI is InChI=1S/C49H66FNO12/c1-10-27(2)43-30(5)20-21-48(63-43)25-37-23-36(62-48)19-14-29(4)42(60-40-24-39(55-8)44(32(7)58-40)61-46(52)33-15-17-35(50)18-16-33)28(3)12-11-13-34-26-57-45-41(51-56-9)31(6)22-38(47(53)59-37)49(34,45)54/h11-18,22,27-28,30,32,36-40,42-45,54H,10,19-21,23-26H2,1-9H3/b12-11+,29-14+,34-13+,51-41+/t27?,28-,30-,32-,36+,37-,38-,39-,40-,42-,43+,44-,45+,48+,49+/m0/s1. The van der Waals surface area contributed by atoms with Crippen LogP contribution in [0.2, 0.25) is 0 Å². The Morgan fingerprint density at radius 3 is 2.56 bits per heavy atom. The van der Waals surface area contributed by atoms with Gasteiger partial charge in [0, 0.05) is 38.7 Å². The highest BCUT2D eigenvalue weighted by molar-refractivity contribution is 6.07. The first-order valence-corrected chi connectivity index (χ1v) is 22.6. The molecule has 1 aromatic carbocycles. The highest BCUT2D eigenvalue weighted by atomic mass is 19.1. The number of rotatable bonds is 8. The molecule has 4 saturated heterocycles. The third kappa shape index (κ3) is 9.92. The third-order valence-corrected chi connectivity index (χ3v) is 14.0. The van der Waals surface area contributed by atoms with E-state index in [4.69, 9.17) is 42.7 Å². The Hall–Kier alpha value is -3.76. The van der Waals surface area contributed by atoms with Crippen molar-refractivity contribution in [3.8, 4) is 0 Å². The molecule has 1 aliphatic carbocycles. The number of fused-ring (bicyclic) bond motifs is 2. The van der Waals surface area contributed by atoms with Gasteiger partial charge in [-0.25, -0.2) is 9.18 Å². The summed E-state index contributed by atoms with van der Waals surface area (Å²) >= 11 is 0. The van der Waals surface area contributed by atoms with Crippen LogP contribution in [0.25, 0.3) is 0 Å². The Morgan fingerprint density at radius 1 is 1.08 bits per heavy atom. The Kier molecular flexibility index (Phi) is 14.8. The monoisotopic (exact) mass is 879 g/mol. The number of nitrogens with zero attached hydrogens (tertiary/aromatic N) is 1. The predicted octanol–water partition coefficient (Wildman–Crippen LogP) is 7.71. The van der Waals surface area contributed by atoms with Crippen molar-refractivity contribution in [1.82, 2.24) is 0 Å². The second kappa shape index (κ2) is 19.8. The molecule has 4 fully saturated rings. The number of carbonyl (C=O) groups is 2. The molecule has 0 saturated carbocycles. The number of oxime groups is 1. The van der Waals surface area contributed by atoms with Gasteiger partial charge in [-0.05, 0) is 86.4 Å². The summed E-state index contributed by atoms with van der Waals surface area (Å²) in [5, 5.41) is 17.0. The maximum Gasteiger partial charge on any atom is 0.338 e. The molecule has 13 nitrogen and oxygen atoms in total. The van der Waals surface area contributed by atoms with E-state index in [1.54, 1.807) is 26.2 Å². The van der Waals surface area contributed by atoms with E-state index in [1.807, 2.05) is 32.9 Å². The van der Waals surface area contributed by atoms with Crippen molar-refractivity contribution in [2.45, 2.75) is 160 Å². The summed E-state index contributed by atoms with van der Waals surface area (Å²) in [6, 6.07) is 5.18. The normalized spacial score (nSPS) is 41.9. The van der Waals surface area contributed by atoms with Crippen LogP contribution in [0.1, 0.15) is 104 Å². The second-order valence-corrected chi connectivity index (χ2v) is 18.5. The zero-order valence-electron chi connectivity index (χ0n) is 38.1. The molecule has 0 radical (unpaired) electrons. The van der Waals surface area contributed by atoms with Gasteiger partial charge in [0.25, 0.3) is 0 Å². The van der Waals surface area contributed by atoms with Crippen molar-refractivity contribution in [3.63, 3.8) is 0 Å². The molecule has 2 bridgehead atoms. The van der Waals surface area contributed by atoms with E-state index in [9.17, 15) is 19.1 Å². The fraction of sp³-hybridized carbons (Fsp3) is 0.653. The molecule has 0 aromatic heterocycles. The maximum atomic E-state index is 14.5. The van der Waals surface area contributed by atoms with Crippen LogP contribution >= 0.6 is 0 Å². The van der Waals surface area contributed by atoms with Crippen molar-refractivity contribution >= 4 is 17.7 Å². The van der Waals surface area contributed by atoms with E-state index >= 15 is 0 Å². The smallest absolute Gasteiger partial charge is 0.338 e. The number of methoxy groups -OCH3 is 1. The Balaban J connectivity index is 1.21. The van der Waals surface area contributed by atoms with Crippen molar-refractivity contribution in [1.29, 1.82) is 0 Å². The van der Waals surface area contributed by atoms with Gasteiger partial charge in [-0.1, -0.05) is 69.7 Å². The van der Waals surface area contributed by atoms with Crippen LogP contribution < -0.4 is 0 Å². The topological polar surface area (TPSA) is 150 Å². The Labute approximate surface area is 370 Å². The van der Waals surface area contributed by atoms with Crippen LogP contribution in [0.5, 0.6) is 0 Å². The summed E-state index contributed by atoms with van der Waals surface area (Å²) in [7, 11) is 2.99. The van der Waals surface area contributed by atoms with Crippen molar-refractivity contribution in [2.24, 2.45) is 28.8 Å². The number of halogens is 1. The average Bonchev–Trinajstić information content (AvgIpc) is 3.59.